The standard InChI is InChI=1S/C24H35N3O4S3/c1-24-9-8-17-16-5-3-15(28)12-14(16)2-4-18(17)19(24)6-7-21(24)31-23(30)26-10-11-33-34-13-20(27-32)22(25)29/h3,5,12,17-21,27-28,32H,2,4,6-11,13H2,1H3,(H2,25,29)(H,26,30)/p+1/t17?,18?,19?,20-,21?,24?/m0/s1. The maximum atomic E-state index is 12.5. The summed E-state index contributed by atoms with van der Waals surface area (Å²) in [5.74, 6) is 3.00. The molecule has 10 heteroatoms. The number of amides is 2. The van der Waals surface area contributed by atoms with Gasteiger partial charge in [-0.15, -0.1) is 0 Å². The summed E-state index contributed by atoms with van der Waals surface area (Å²) in [6, 6.07) is 5.44. The third-order valence-electron chi connectivity index (χ3n) is 8.18. The van der Waals surface area contributed by atoms with Gasteiger partial charge in [-0.2, -0.15) is 0 Å². The smallest absolute Gasteiger partial charge is 0.407 e. The molecule has 0 spiro atoms. The Labute approximate surface area is 215 Å². The van der Waals surface area contributed by atoms with Crippen LogP contribution in [0.15, 0.2) is 18.2 Å². The number of carbonyl (C=O) groups excluding carboxylic acids is 2. The summed E-state index contributed by atoms with van der Waals surface area (Å²) in [7, 11) is 2.64. The molecule has 5 N–H and O–H groups in total. The highest BCUT2D eigenvalue weighted by Gasteiger charge is 2.56. The van der Waals surface area contributed by atoms with E-state index in [-0.39, 0.29) is 17.6 Å². The summed E-state index contributed by atoms with van der Waals surface area (Å²) >= 11 is 3.91. The zero-order valence-corrected chi connectivity index (χ0v) is 22.1. The molecule has 1 aromatic rings. The number of benzene rings is 1. The number of hydrogen-bond donors (Lipinski definition) is 5. The lowest BCUT2D eigenvalue weighted by molar-refractivity contribution is -0.119. The summed E-state index contributed by atoms with van der Waals surface area (Å²) < 4.78 is 8.57. The summed E-state index contributed by atoms with van der Waals surface area (Å²) in [5.41, 5.74) is 8.03. The maximum absolute atomic E-state index is 12.5. The molecule has 7 nitrogen and oxygen atoms in total. The Morgan fingerprint density at radius 3 is 2.94 bits per heavy atom. The molecular weight excluding hydrogens is 490 g/mol. The molecule has 1 aromatic carbocycles. The van der Waals surface area contributed by atoms with Gasteiger partial charge in [-0.3, -0.25) is 9.52 Å². The first-order valence-electron chi connectivity index (χ1n) is 12.1. The maximum Gasteiger partial charge on any atom is 0.407 e. The van der Waals surface area contributed by atoms with Crippen LogP contribution in [0.3, 0.4) is 0 Å². The van der Waals surface area contributed by atoms with Crippen LogP contribution in [-0.4, -0.2) is 47.3 Å². The highest BCUT2D eigenvalue weighted by Crippen LogP contribution is 2.61. The number of alkyl carbamates (subject to hydrolysis) is 1. The molecule has 4 rings (SSSR count). The van der Waals surface area contributed by atoms with Crippen molar-refractivity contribution in [2.45, 2.75) is 63.5 Å². The molecule has 34 heavy (non-hydrogen) atoms. The van der Waals surface area contributed by atoms with E-state index in [0.29, 0.717) is 35.8 Å². The number of phenols is 1. The van der Waals surface area contributed by atoms with E-state index in [4.69, 9.17) is 10.5 Å². The van der Waals surface area contributed by atoms with Gasteiger partial charge in [0.15, 0.2) is 0 Å². The van der Waals surface area contributed by atoms with Crippen molar-refractivity contribution in [3.8, 4) is 5.75 Å². The minimum Gasteiger partial charge on any atom is -0.508 e. The summed E-state index contributed by atoms with van der Waals surface area (Å²) in [6.07, 6.45) is 6.01. The normalized spacial score (nSPS) is 30.5. The number of phenolic OH excluding ortho intramolecular Hbond substituents is 1. The van der Waals surface area contributed by atoms with Gasteiger partial charge >= 0.3 is 6.09 Å². The molecule has 0 aliphatic heterocycles. The second-order valence-corrected chi connectivity index (χ2v) is 13.1. The van der Waals surface area contributed by atoms with Gasteiger partial charge in [-0.25, -0.2) is 4.79 Å². The van der Waals surface area contributed by atoms with Gasteiger partial charge in [0.2, 0.25) is 5.91 Å². The molecular formula is C24H36N3O4S3+. The number of ether oxygens (including phenoxy) is 1. The van der Waals surface area contributed by atoms with Crippen molar-refractivity contribution >= 4 is 46.4 Å². The molecule has 0 aromatic heterocycles. The molecule has 2 amide bonds. The van der Waals surface area contributed by atoms with Gasteiger partial charge in [-0.1, -0.05) is 25.8 Å². The Morgan fingerprint density at radius 1 is 1.35 bits per heavy atom. The molecule has 0 saturated heterocycles. The monoisotopic (exact) mass is 526 g/mol. The van der Waals surface area contributed by atoms with Crippen molar-refractivity contribution in [1.82, 2.24) is 10.0 Å². The number of aryl methyl sites for hydroxylation is 1. The minimum atomic E-state index is -0.452. The molecule has 0 heterocycles. The number of nitrogens with one attached hydrogen (secondary N) is 2. The number of aromatic hydroxyl groups is 1. The van der Waals surface area contributed by atoms with E-state index in [9.17, 15) is 14.7 Å². The Kier molecular flexibility index (Phi) is 8.53. The highest BCUT2D eigenvalue weighted by atomic mass is 33.1. The molecule has 2 saturated carbocycles. The number of thiol groups is 2. The van der Waals surface area contributed by atoms with Gasteiger partial charge in [0.25, 0.3) is 0 Å². The molecule has 3 aliphatic carbocycles. The van der Waals surface area contributed by atoms with Gasteiger partial charge in [-0.05, 0) is 79.5 Å². The van der Waals surface area contributed by atoms with E-state index in [1.165, 1.54) is 11.1 Å². The zero-order chi connectivity index (χ0) is 24.3. The Morgan fingerprint density at radius 2 is 2.18 bits per heavy atom. The predicted octanol–water partition coefficient (Wildman–Crippen LogP) is 3.09. The molecule has 2 fully saturated rings. The average Bonchev–Trinajstić information content (AvgIpc) is 3.14. The SMILES string of the molecule is CC12CCC3c4ccc(O)cc4CCC3C1CCC2OC(=O)NCCS[SH+]C[C@H](NS)C(N)=O. The van der Waals surface area contributed by atoms with Crippen molar-refractivity contribution in [3.63, 3.8) is 0 Å². The number of hydrogen-bond acceptors (Lipinski definition) is 7. The first-order valence-corrected chi connectivity index (χ1v) is 15.2. The fourth-order valence-electron chi connectivity index (χ4n) is 6.47. The van der Waals surface area contributed by atoms with Crippen LogP contribution in [0.2, 0.25) is 0 Å². The predicted molar refractivity (Wildman–Crippen MR) is 142 cm³/mol. The van der Waals surface area contributed by atoms with Gasteiger partial charge in [0, 0.05) is 22.8 Å². The van der Waals surface area contributed by atoms with Crippen LogP contribution in [0.25, 0.3) is 0 Å². The third kappa shape index (κ3) is 5.44. The van der Waals surface area contributed by atoms with Crippen LogP contribution in [0.4, 0.5) is 4.79 Å². The first-order chi connectivity index (χ1) is 16.3. The van der Waals surface area contributed by atoms with E-state index in [1.54, 1.807) is 10.8 Å². The molecule has 6 atom stereocenters. The molecule has 3 aliphatic rings. The Balaban J connectivity index is 1.24. The summed E-state index contributed by atoms with van der Waals surface area (Å²) in [4.78, 5) is 23.7. The van der Waals surface area contributed by atoms with Gasteiger partial charge in [0.1, 0.15) is 23.6 Å². The summed E-state index contributed by atoms with van der Waals surface area (Å²) in [5, 5.41) is 12.8. The van der Waals surface area contributed by atoms with E-state index in [2.05, 4.69) is 35.8 Å². The van der Waals surface area contributed by atoms with Gasteiger partial charge < -0.3 is 20.9 Å². The second kappa shape index (κ2) is 11.2. The van der Waals surface area contributed by atoms with Crippen LogP contribution in [0, 0.1) is 17.3 Å². The fourth-order valence-corrected chi connectivity index (χ4v) is 9.11. The van der Waals surface area contributed by atoms with Crippen molar-refractivity contribution in [1.29, 1.82) is 0 Å². The van der Waals surface area contributed by atoms with Crippen LogP contribution < -0.4 is 15.8 Å². The number of nitrogens with two attached hydrogens (primary N) is 1. The van der Waals surface area contributed by atoms with Crippen molar-refractivity contribution in [3.05, 3.63) is 29.3 Å². The van der Waals surface area contributed by atoms with Crippen LogP contribution in [-0.2, 0) is 26.7 Å². The van der Waals surface area contributed by atoms with Gasteiger partial charge in [0.05, 0.1) is 16.5 Å². The highest BCUT2D eigenvalue weighted by molar-refractivity contribution is 8.66. The van der Waals surface area contributed by atoms with Crippen LogP contribution in [0.1, 0.15) is 56.1 Å². The van der Waals surface area contributed by atoms with Crippen molar-refractivity contribution in [2.75, 3.05) is 18.1 Å². The second-order valence-electron chi connectivity index (χ2n) is 9.97. The molecule has 188 valence electrons. The quantitative estimate of drug-likeness (QED) is 0.146. The minimum absolute atomic E-state index is 0.0317. The molecule has 5 unspecified atom stereocenters. The summed E-state index contributed by atoms with van der Waals surface area (Å²) in [6.45, 7) is 2.85. The average molecular weight is 527 g/mol. The third-order valence-corrected chi connectivity index (χ3v) is 11.1. The van der Waals surface area contributed by atoms with E-state index >= 15 is 0 Å². The first kappa shape index (κ1) is 25.9. The lowest BCUT2D eigenvalue weighted by Gasteiger charge is -2.50. The lowest BCUT2D eigenvalue weighted by atomic mass is 9.55. The fraction of sp³-hybridized carbons (Fsp3) is 0.667. The number of fused-ring (bicyclic) bond motifs is 5. The van der Waals surface area contributed by atoms with Crippen LogP contribution in [0.5, 0.6) is 5.75 Å². The topological polar surface area (TPSA) is 114 Å². The lowest BCUT2D eigenvalue weighted by Crippen LogP contribution is -2.46. The number of primary amides is 1. The molecule has 0 bridgehead atoms. The molecule has 0 radical (unpaired) electrons. The largest absolute Gasteiger partial charge is 0.508 e. The van der Waals surface area contributed by atoms with E-state index in [0.717, 1.165) is 55.1 Å². The number of rotatable bonds is 9. The zero-order valence-electron chi connectivity index (χ0n) is 19.5. The van der Waals surface area contributed by atoms with E-state index in [1.807, 2.05) is 12.1 Å². The van der Waals surface area contributed by atoms with Crippen molar-refractivity contribution in [2.24, 2.45) is 23.0 Å². The van der Waals surface area contributed by atoms with Crippen LogP contribution >= 0.6 is 23.6 Å². The number of carbonyl (C=O) groups is 2. The Hall–Kier alpha value is -1.23. The van der Waals surface area contributed by atoms with E-state index < -0.39 is 11.9 Å². The Bertz CT molecular complexity index is 904. The van der Waals surface area contributed by atoms with Crippen molar-refractivity contribution < 1.29 is 19.4 Å².